The van der Waals surface area contributed by atoms with Crippen molar-refractivity contribution in [1.82, 2.24) is 50.1 Å². The highest BCUT2D eigenvalue weighted by Gasteiger charge is 2.24. The van der Waals surface area contributed by atoms with Gasteiger partial charge in [0.05, 0.1) is 115 Å². The minimum atomic E-state index is -3.04. The van der Waals surface area contributed by atoms with E-state index in [0.717, 1.165) is 136 Å². The van der Waals surface area contributed by atoms with Gasteiger partial charge in [0.15, 0.2) is 0 Å². The smallest absolute Gasteiger partial charge is 0.148 e. The Bertz CT molecular complexity index is 6900. The number of hydrogen-bond donors (Lipinski definition) is 0. The normalized spacial score (nSPS) is 11.5. The number of aromatic nitrogens is 8. The maximum Gasteiger partial charge on any atom is 0.148 e. The fourth-order valence-corrected chi connectivity index (χ4v) is 18.7. The van der Waals surface area contributed by atoms with Gasteiger partial charge in [-0.2, -0.15) is 20.4 Å². The van der Waals surface area contributed by atoms with Gasteiger partial charge in [0.1, 0.15) is 103 Å². The standard InChI is InChI=1S/2C31H29ClFIN4O4S.2C17H15ClIN3/c1-37(13-14-43(3,39)40)18-23-8-11-28(42-23)21-7-9-25-24(16-21)27(17-35-36-25)38(2)26-10-12-29(30(32)31(26)34)41-19-20-5-4-6-22(33)15-20;1-37(11-12-43(3,39)40)18-23-8-10-30(42-23)21-7-9-27-24(14-21)29(17-35-36-27)38(2)28-15-25(32)31(16-26(28)34)41-19-20-5-4-6-22(33)13-20;1-10-6-13-16(7-11(10)2)20-9-21-17(13)22(3)12-4-5-15(19)14(18)8-12;1-10-7-12-14(8-11(10)2)20-9-21-17(12)22(3)15-6-4-5-13(18)16(15)19/h4-12,15-17H,13-14,18-19H2,1-3H3;4-10,13-17H,11-12,18-19H2,1-3H3;2*4-9H,1-3H3. The molecule has 0 aliphatic rings. The summed E-state index contributed by atoms with van der Waals surface area (Å²) >= 11 is 34.8. The molecule has 16 aromatic rings. The number of sulfone groups is 2. The van der Waals surface area contributed by atoms with Crippen LogP contribution in [0.15, 0.2) is 228 Å². The largest absolute Gasteiger partial charge is 0.487 e. The van der Waals surface area contributed by atoms with Crippen LogP contribution < -0.4 is 29.1 Å². The molecule has 0 spiro atoms. The van der Waals surface area contributed by atoms with Crippen LogP contribution >= 0.6 is 137 Å². The van der Waals surface area contributed by atoms with Crippen LogP contribution in [0.25, 0.3) is 66.3 Å². The summed E-state index contributed by atoms with van der Waals surface area (Å²) in [6.45, 7) is 10.6. The van der Waals surface area contributed by atoms with Gasteiger partial charge in [-0.3, -0.25) is 9.80 Å². The highest BCUT2D eigenvalue weighted by atomic mass is 127. The Morgan fingerprint density at radius 3 is 1.38 bits per heavy atom. The van der Waals surface area contributed by atoms with E-state index in [9.17, 15) is 25.6 Å². The minimum absolute atomic E-state index is 0.0912. The van der Waals surface area contributed by atoms with Crippen molar-refractivity contribution in [2.45, 2.75) is 54.0 Å². The Morgan fingerprint density at radius 1 is 0.408 bits per heavy atom. The van der Waals surface area contributed by atoms with Crippen LogP contribution in [0.5, 0.6) is 11.5 Å². The molecule has 0 unspecified atom stereocenters. The molecule has 0 fully saturated rings. The summed E-state index contributed by atoms with van der Waals surface area (Å²) in [4.78, 5) is 29.7. The molecule has 0 aliphatic heterocycles. The Balaban J connectivity index is 0.000000155. The van der Waals surface area contributed by atoms with E-state index in [4.69, 9.17) is 64.7 Å². The van der Waals surface area contributed by atoms with E-state index in [1.165, 1.54) is 59.0 Å². The summed E-state index contributed by atoms with van der Waals surface area (Å²) in [5.74, 6) is 5.17. The topological polar surface area (TPSA) is 236 Å². The Labute approximate surface area is 828 Å². The zero-order valence-corrected chi connectivity index (χ0v) is 85.9. The van der Waals surface area contributed by atoms with Crippen LogP contribution in [0, 0.1) is 53.6 Å². The van der Waals surface area contributed by atoms with Gasteiger partial charge in [-0.25, -0.2) is 45.6 Å². The first kappa shape index (κ1) is 98.2. The van der Waals surface area contributed by atoms with Crippen molar-refractivity contribution in [2.24, 2.45) is 0 Å². The molecule has 0 saturated carbocycles. The molecule has 16 rings (SSSR count). The molecule has 0 atom stereocenters. The third kappa shape index (κ3) is 24.9. The zero-order valence-electron chi connectivity index (χ0n) is 72.6. The third-order valence-electron chi connectivity index (χ3n) is 21.4. The molecule has 130 heavy (non-hydrogen) atoms. The SMILES string of the molecule is CN(CCS(C)(=O)=O)Cc1ccc(-c2ccc3nncc(N(C)c4cc(Cl)c(OCc5cccc(F)c5)cc4I)c3c2)o1.CN(CCS(C)(=O)=O)Cc1ccc(-c2ccc3nncc(N(C)c4ccc(OCc5cccc(F)c5)c(Cl)c4I)c3c2)o1.Cc1cc2ncnc(N(C)c3ccc(I)c(Cl)c3)c2cc1C.Cc1cc2ncnc(N(C)c3cccc(Cl)c3I)c2cc1C. The van der Waals surface area contributed by atoms with Crippen molar-refractivity contribution >= 4 is 246 Å². The lowest BCUT2D eigenvalue weighted by Crippen LogP contribution is -2.24. The molecule has 22 nitrogen and oxygen atoms in total. The van der Waals surface area contributed by atoms with Gasteiger partial charge >= 0.3 is 0 Å². The summed E-state index contributed by atoms with van der Waals surface area (Å²) < 4.78 is 101. The van der Waals surface area contributed by atoms with E-state index in [2.05, 4.69) is 188 Å². The number of fused-ring (bicyclic) bond motifs is 4. The molecule has 0 aliphatic carbocycles. The van der Waals surface area contributed by atoms with Crippen LogP contribution in [0.4, 0.5) is 54.5 Å². The summed E-state index contributed by atoms with van der Waals surface area (Å²) in [5.41, 5.74) is 16.8. The van der Waals surface area contributed by atoms with E-state index in [-0.39, 0.29) is 36.4 Å². The average Bonchev–Trinajstić information content (AvgIpc) is 1.07. The van der Waals surface area contributed by atoms with Gasteiger partial charge in [-0.15, -0.1) is 0 Å². The maximum atomic E-state index is 13.6. The predicted octanol–water partition coefficient (Wildman–Crippen LogP) is 24.8. The van der Waals surface area contributed by atoms with Gasteiger partial charge < -0.3 is 37.9 Å². The fourth-order valence-electron chi connectivity index (χ4n) is 13.9. The lowest BCUT2D eigenvalue weighted by Gasteiger charge is -2.23. The van der Waals surface area contributed by atoms with Crippen molar-refractivity contribution in [1.29, 1.82) is 0 Å². The minimum Gasteiger partial charge on any atom is -0.487 e. The lowest BCUT2D eigenvalue weighted by atomic mass is 10.1. The molecule has 672 valence electrons. The molecule has 6 aromatic heterocycles. The molecule has 6 heterocycles. The monoisotopic (exact) mass is 2310 g/mol. The first-order chi connectivity index (χ1) is 61.9. The molecule has 0 radical (unpaired) electrons. The van der Waals surface area contributed by atoms with Crippen LogP contribution in [0.1, 0.15) is 44.9 Å². The first-order valence-electron chi connectivity index (χ1n) is 40.3. The number of rotatable bonds is 26. The number of halogens is 10. The number of benzene rings is 10. The van der Waals surface area contributed by atoms with Crippen molar-refractivity contribution in [2.75, 3.05) is 99.0 Å². The second-order valence-electron chi connectivity index (χ2n) is 31.2. The van der Waals surface area contributed by atoms with E-state index >= 15 is 0 Å². The molecule has 10 aromatic carbocycles. The van der Waals surface area contributed by atoms with Gasteiger partial charge in [0.2, 0.25) is 0 Å². The van der Waals surface area contributed by atoms with Crippen molar-refractivity contribution < 1.29 is 43.9 Å². The van der Waals surface area contributed by atoms with Crippen molar-refractivity contribution in [3.63, 3.8) is 0 Å². The average molecular weight is 2320 g/mol. The van der Waals surface area contributed by atoms with E-state index in [1.54, 1.807) is 55.4 Å². The van der Waals surface area contributed by atoms with Crippen molar-refractivity contribution in [3.8, 4) is 34.1 Å². The molecule has 0 saturated heterocycles. The quantitative estimate of drug-likeness (QED) is 0.0458. The molecule has 0 N–H and O–H groups in total. The number of ether oxygens (including phenoxy) is 2. The Kier molecular flexibility index (Phi) is 32.9. The van der Waals surface area contributed by atoms with Crippen LogP contribution in [-0.4, -0.2) is 146 Å². The Morgan fingerprint density at radius 2 is 0.885 bits per heavy atom. The summed E-state index contributed by atoms with van der Waals surface area (Å²) in [6, 6.07) is 59.6. The highest BCUT2D eigenvalue weighted by molar-refractivity contribution is 14.1. The first-order valence-corrected chi connectivity index (χ1v) is 50.3. The van der Waals surface area contributed by atoms with E-state index < -0.39 is 19.7 Å². The lowest BCUT2D eigenvalue weighted by molar-refractivity contribution is 0.305. The molecular formula is C96H88Cl4F2I4N14O8S2. The van der Waals surface area contributed by atoms with Crippen molar-refractivity contribution in [3.05, 3.63) is 310 Å². The zero-order chi connectivity index (χ0) is 93.2. The number of nitrogens with zero attached hydrogens (tertiary/aromatic N) is 14. The van der Waals surface area contributed by atoms with Gasteiger partial charge in [0.25, 0.3) is 0 Å². The summed E-state index contributed by atoms with van der Waals surface area (Å²) in [6.07, 6.45) is 9.09. The summed E-state index contributed by atoms with van der Waals surface area (Å²) in [5, 5.41) is 23.3. The fraction of sp³-hybridized carbons (Fsp3) is 0.208. The highest BCUT2D eigenvalue weighted by Crippen LogP contribution is 2.44. The molecule has 0 bridgehead atoms. The van der Waals surface area contributed by atoms with Gasteiger partial charge in [-0.05, 0) is 329 Å². The Hall–Kier alpha value is -9.32. The number of hydrogen-bond acceptors (Lipinski definition) is 22. The predicted molar refractivity (Wildman–Crippen MR) is 555 cm³/mol. The molecular weight excluding hydrogens is 2230 g/mol. The maximum absolute atomic E-state index is 13.6. The van der Waals surface area contributed by atoms with Gasteiger partial charge in [-0.1, -0.05) is 76.7 Å². The number of furan rings is 2. The number of aryl methyl sites for hydroxylation is 4. The van der Waals surface area contributed by atoms with E-state index in [0.29, 0.717) is 70.4 Å². The second kappa shape index (κ2) is 43.6. The molecule has 34 heteroatoms. The van der Waals surface area contributed by atoms with Gasteiger partial charge in [0, 0.05) is 99.3 Å². The summed E-state index contributed by atoms with van der Waals surface area (Å²) in [7, 11) is 5.52. The van der Waals surface area contributed by atoms with Crippen LogP contribution in [0.2, 0.25) is 20.1 Å². The molecule has 0 amide bonds. The van der Waals surface area contributed by atoms with Crippen LogP contribution in [-0.2, 0) is 46.0 Å². The third-order valence-corrected chi connectivity index (χ3v) is 29.5. The number of anilines is 8. The van der Waals surface area contributed by atoms with Crippen LogP contribution in [0.3, 0.4) is 0 Å². The van der Waals surface area contributed by atoms with E-state index in [1.807, 2.05) is 182 Å². The second-order valence-corrected chi connectivity index (χ2v) is 41.8.